The van der Waals surface area contributed by atoms with Crippen LogP contribution in [-0.2, 0) is 4.79 Å². The smallest absolute Gasteiger partial charge is 0.225 e. The van der Waals surface area contributed by atoms with Crippen LogP contribution >= 0.6 is 0 Å². The molecule has 3 nitrogen and oxygen atoms in total. The second kappa shape index (κ2) is 7.29. The second-order valence-corrected chi connectivity index (χ2v) is 7.36. The van der Waals surface area contributed by atoms with Gasteiger partial charge in [0.25, 0.3) is 0 Å². The Bertz CT molecular complexity index is 383. The maximum Gasteiger partial charge on any atom is 0.225 e. The first kappa shape index (κ1) is 16.3. The summed E-state index contributed by atoms with van der Waals surface area (Å²) in [6.07, 6.45) is 10.3. The number of unbranched alkanes of at least 4 members (excludes halogenated alkanes) is 1. The van der Waals surface area contributed by atoms with Gasteiger partial charge in [-0.1, -0.05) is 26.2 Å². The van der Waals surface area contributed by atoms with E-state index in [1.807, 2.05) is 11.8 Å². The maximum absolute atomic E-state index is 12.6. The Kier molecular flexibility index (Phi) is 5.67. The first-order valence-corrected chi connectivity index (χ1v) is 8.78. The Morgan fingerprint density at radius 2 is 1.86 bits per heavy atom. The fraction of sp³-hybridized carbons (Fsp3) is 0.889. The van der Waals surface area contributed by atoms with E-state index in [-0.39, 0.29) is 11.3 Å². The van der Waals surface area contributed by atoms with Crippen molar-refractivity contribution in [1.29, 1.82) is 5.26 Å². The summed E-state index contributed by atoms with van der Waals surface area (Å²) in [6, 6.07) is 2.41. The molecular weight excluding hydrogens is 260 g/mol. The lowest BCUT2D eigenvalue weighted by molar-refractivity contribution is -0.138. The van der Waals surface area contributed by atoms with Gasteiger partial charge in [-0.2, -0.15) is 5.26 Å². The number of rotatable bonds is 4. The molecule has 0 N–H and O–H groups in total. The van der Waals surface area contributed by atoms with Crippen LogP contribution in [0.1, 0.15) is 71.6 Å². The van der Waals surface area contributed by atoms with Crippen LogP contribution in [0.15, 0.2) is 0 Å². The Morgan fingerprint density at radius 1 is 1.24 bits per heavy atom. The Morgan fingerprint density at radius 3 is 2.38 bits per heavy atom. The van der Waals surface area contributed by atoms with Crippen molar-refractivity contribution in [3.05, 3.63) is 0 Å². The molecule has 0 spiro atoms. The fourth-order valence-corrected chi connectivity index (χ4v) is 3.78. The van der Waals surface area contributed by atoms with Gasteiger partial charge in [0.05, 0.1) is 11.5 Å². The summed E-state index contributed by atoms with van der Waals surface area (Å²) in [5.41, 5.74) is -0.214. The van der Waals surface area contributed by atoms with Crippen molar-refractivity contribution in [1.82, 2.24) is 4.90 Å². The van der Waals surface area contributed by atoms with Gasteiger partial charge >= 0.3 is 0 Å². The minimum Gasteiger partial charge on any atom is -0.342 e. The molecule has 118 valence electrons. The molecule has 1 saturated carbocycles. The molecule has 0 aromatic carbocycles. The third-order valence-corrected chi connectivity index (χ3v) is 5.61. The Hall–Kier alpha value is -1.04. The van der Waals surface area contributed by atoms with Crippen molar-refractivity contribution in [2.24, 2.45) is 17.3 Å². The average Bonchev–Trinajstić information content (AvgIpc) is 2.53. The highest BCUT2D eigenvalue weighted by atomic mass is 16.2. The van der Waals surface area contributed by atoms with E-state index < -0.39 is 0 Å². The van der Waals surface area contributed by atoms with Gasteiger partial charge < -0.3 is 4.90 Å². The van der Waals surface area contributed by atoms with E-state index in [1.54, 1.807) is 0 Å². The first-order valence-electron chi connectivity index (χ1n) is 8.78. The molecule has 0 atom stereocenters. The van der Waals surface area contributed by atoms with Crippen molar-refractivity contribution >= 4 is 5.91 Å². The number of likely N-dealkylation sites (tertiary alicyclic amines) is 1. The summed E-state index contributed by atoms with van der Waals surface area (Å²) < 4.78 is 0. The predicted octanol–water partition coefficient (Wildman–Crippen LogP) is 4.14. The van der Waals surface area contributed by atoms with Crippen LogP contribution in [0, 0.1) is 28.6 Å². The van der Waals surface area contributed by atoms with Gasteiger partial charge in [-0.15, -0.1) is 0 Å². The lowest BCUT2D eigenvalue weighted by Gasteiger charge is -2.38. The molecule has 1 heterocycles. The van der Waals surface area contributed by atoms with Crippen LogP contribution in [0.25, 0.3) is 0 Å². The van der Waals surface area contributed by atoms with Gasteiger partial charge in [-0.05, 0) is 51.4 Å². The van der Waals surface area contributed by atoms with Crippen LogP contribution in [0.2, 0.25) is 0 Å². The van der Waals surface area contributed by atoms with Gasteiger partial charge in [0, 0.05) is 19.0 Å². The van der Waals surface area contributed by atoms with Crippen LogP contribution < -0.4 is 0 Å². The molecule has 0 bridgehead atoms. The predicted molar refractivity (Wildman–Crippen MR) is 84.5 cm³/mol. The first-order chi connectivity index (χ1) is 10.1. The van der Waals surface area contributed by atoms with E-state index >= 15 is 0 Å². The van der Waals surface area contributed by atoms with Crippen molar-refractivity contribution in [3.8, 4) is 6.07 Å². The summed E-state index contributed by atoms with van der Waals surface area (Å²) in [5.74, 6) is 1.48. The quantitative estimate of drug-likeness (QED) is 0.781. The molecule has 1 amide bonds. The lowest BCUT2D eigenvalue weighted by Crippen LogP contribution is -2.44. The molecule has 2 aliphatic rings. The van der Waals surface area contributed by atoms with Crippen LogP contribution in [0.5, 0.6) is 0 Å². The highest BCUT2D eigenvalue weighted by Crippen LogP contribution is 2.35. The minimum absolute atomic E-state index is 0.214. The third-order valence-electron chi connectivity index (χ3n) is 5.61. The van der Waals surface area contributed by atoms with E-state index in [1.165, 1.54) is 32.1 Å². The topological polar surface area (TPSA) is 44.1 Å². The molecule has 2 rings (SSSR count). The van der Waals surface area contributed by atoms with Gasteiger partial charge in [0.1, 0.15) is 0 Å². The van der Waals surface area contributed by atoms with E-state index in [0.29, 0.717) is 5.91 Å². The van der Waals surface area contributed by atoms with Gasteiger partial charge in [0.2, 0.25) is 5.91 Å². The average molecular weight is 290 g/mol. The molecule has 0 aromatic rings. The Labute approximate surface area is 129 Å². The molecule has 0 radical (unpaired) electrons. The van der Waals surface area contributed by atoms with Gasteiger partial charge in [-0.25, -0.2) is 0 Å². The van der Waals surface area contributed by atoms with Crippen LogP contribution in [0.4, 0.5) is 0 Å². The standard InChI is InChI=1S/C18H30N2O/c1-3-4-5-15-6-8-16(9-7-15)17(21)20-12-10-18(2,14-19)11-13-20/h15-16H,3-13H2,1-2H3. The zero-order valence-corrected chi connectivity index (χ0v) is 13.7. The van der Waals surface area contributed by atoms with Crippen molar-refractivity contribution in [2.75, 3.05) is 13.1 Å². The zero-order valence-electron chi connectivity index (χ0n) is 13.7. The summed E-state index contributed by atoms with van der Waals surface area (Å²) in [7, 11) is 0. The summed E-state index contributed by atoms with van der Waals surface area (Å²) in [4.78, 5) is 14.6. The number of hydrogen-bond donors (Lipinski definition) is 0. The Balaban J connectivity index is 1.77. The SMILES string of the molecule is CCCCC1CCC(C(=O)N2CCC(C)(C#N)CC2)CC1. The molecule has 2 fully saturated rings. The molecule has 1 saturated heterocycles. The van der Waals surface area contributed by atoms with Crippen molar-refractivity contribution < 1.29 is 4.79 Å². The highest BCUT2D eigenvalue weighted by Gasteiger charge is 2.35. The molecule has 1 aliphatic carbocycles. The highest BCUT2D eigenvalue weighted by molar-refractivity contribution is 5.79. The zero-order chi connectivity index (χ0) is 15.3. The molecule has 0 unspecified atom stereocenters. The summed E-state index contributed by atoms with van der Waals surface area (Å²) >= 11 is 0. The molecular formula is C18H30N2O. The van der Waals surface area contributed by atoms with Crippen molar-refractivity contribution in [2.45, 2.75) is 71.6 Å². The van der Waals surface area contributed by atoms with Gasteiger partial charge in [0.15, 0.2) is 0 Å². The number of hydrogen-bond acceptors (Lipinski definition) is 2. The maximum atomic E-state index is 12.6. The number of nitriles is 1. The number of nitrogens with zero attached hydrogens (tertiary/aromatic N) is 2. The van der Waals surface area contributed by atoms with E-state index in [9.17, 15) is 10.1 Å². The normalized spacial score (nSPS) is 28.9. The number of carbonyl (C=O) groups is 1. The van der Waals surface area contributed by atoms with Crippen LogP contribution in [0.3, 0.4) is 0 Å². The van der Waals surface area contributed by atoms with E-state index in [2.05, 4.69) is 13.0 Å². The third kappa shape index (κ3) is 4.22. The number of carbonyl (C=O) groups excluding carboxylic acids is 1. The summed E-state index contributed by atoms with van der Waals surface area (Å²) in [5, 5.41) is 9.17. The number of piperidine rings is 1. The van der Waals surface area contributed by atoms with Crippen LogP contribution in [-0.4, -0.2) is 23.9 Å². The molecule has 21 heavy (non-hydrogen) atoms. The lowest BCUT2D eigenvalue weighted by atomic mass is 9.78. The fourth-order valence-electron chi connectivity index (χ4n) is 3.78. The van der Waals surface area contributed by atoms with Gasteiger partial charge in [-0.3, -0.25) is 4.79 Å². The largest absolute Gasteiger partial charge is 0.342 e. The second-order valence-electron chi connectivity index (χ2n) is 7.36. The minimum atomic E-state index is -0.214. The molecule has 1 aliphatic heterocycles. The number of amides is 1. The van der Waals surface area contributed by atoms with E-state index in [0.717, 1.165) is 44.7 Å². The molecule has 3 heteroatoms. The van der Waals surface area contributed by atoms with Crippen molar-refractivity contribution in [3.63, 3.8) is 0 Å². The van der Waals surface area contributed by atoms with E-state index in [4.69, 9.17) is 0 Å². The monoisotopic (exact) mass is 290 g/mol. The molecule has 0 aromatic heterocycles. The summed E-state index contributed by atoms with van der Waals surface area (Å²) in [6.45, 7) is 5.82.